The van der Waals surface area contributed by atoms with Crippen LogP contribution in [0.15, 0.2) is 0 Å². The first-order chi connectivity index (χ1) is 7.70. The highest BCUT2D eigenvalue weighted by molar-refractivity contribution is 5.52. The Kier molecular flexibility index (Phi) is 3.49. The van der Waals surface area contributed by atoms with E-state index in [0.29, 0.717) is 12.1 Å². The maximum absolute atomic E-state index is 5.67. The van der Waals surface area contributed by atoms with Crippen LogP contribution < -0.4 is 5.32 Å². The smallest absolute Gasteiger partial charge is 0.0825 e. The maximum Gasteiger partial charge on any atom is 0.0825 e. The van der Waals surface area contributed by atoms with Crippen LogP contribution in [0.2, 0.25) is 0 Å². The second-order valence-electron chi connectivity index (χ2n) is 4.58. The minimum atomic E-state index is 0.416. The number of hydrogen-bond donors (Lipinski definition) is 2. The summed E-state index contributed by atoms with van der Waals surface area (Å²) >= 11 is 0. The summed E-state index contributed by atoms with van der Waals surface area (Å²) in [7, 11) is 0. The molecule has 4 nitrogen and oxygen atoms in total. The molecule has 1 aliphatic rings. The predicted molar refractivity (Wildman–Crippen MR) is 64.7 cm³/mol. The summed E-state index contributed by atoms with van der Waals surface area (Å²) in [5.74, 6) is 0. The zero-order valence-electron chi connectivity index (χ0n) is 10.3. The quantitative estimate of drug-likeness (QED) is 0.827. The van der Waals surface area contributed by atoms with E-state index in [1.165, 1.54) is 5.69 Å². The van der Waals surface area contributed by atoms with Crippen molar-refractivity contribution in [2.75, 3.05) is 11.9 Å². The van der Waals surface area contributed by atoms with E-state index < -0.39 is 0 Å². The van der Waals surface area contributed by atoms with Crippen molar-refractivity contribution in [3.8, 4) is 0 Å². The lowest BCUT2D eigenvalue weighted by atomic mass is 10.0. The molecular formula is C12H21N3O. The topological polar surface area (TPSA) is 49.9 Å². The zero-order chi connectivity index (χ0) is 11.5. The van der Waals surface area contributed by atoms with Crippen molar-refractivity contribution in [1.29, 1.82) is 0 Å². The fourth-order valence-electron chi connectivity index (χ4n) is 2.26. The molecule has 16 heavy (non-hydrogen) atoms. The molecule has 0 bridgehead atoms. The van der Waals surface area contributed by atoms with Crippen molar-refractivity contribution in [1.82, 2.24) is 10.2 Å². The Morgan fingerprint density at radius 2 is 2.31 bits per heavy atom. The molecule has 1 aromatic rings. The molecule has 2 atom stereocenters. The molecular weight excluding hydrogens is 202 g/mol. The molecule has 1 fully saturated rings. The van der Waals surface area contributed by atoms with Crippen molar-refractivity contribution in [2.45, 2.75) is 52.2 Å². The van der Waals surface area contributed by atoms with Crippen LogP contribution in [-0.4, -0.2) is 29.0 Å². The lowest BCUT2D eigenvalue weighted by Crippen LogP contribution is -2.33. The molecule has 0 aromatic carbocycles. The third-order valence-corrected chi connectivity index (χ3v) is 3.30. The number of H-pyrrole nitrogens is 1. The van der Waals surface area contributed by atoms with Crippen molar-refractivity contribution < 1.29 is 4.74 Å². The Bertz CT molecular complexity index is 329. The average molecular weight is 223 g/mol. The van der Waals surface area contributed by atoms with E-state index in [9.17, 15) is 0 Å². The molecule has 2 N–H and O–H groups in total. The summed E-state index contributed by atoms with van der Waals surface area (Å²) in [6.07, 6.45) is 3.70. The van der Waals surface area contributed by atoms with E-state index in [1.807, 2.05) is 6.92 Å². The van der Waals surface area contributed by atoms with Gasteiger partial charge in [-0.2, -0.15) is 5.10 Å². The SMILES string of the molecule is CCC1CC(Nc2c(C)n[nH]c2C)CCO1. The standard InChI is InChI=1S/C12H21N3O/c1-4-11-7-10(5-6-16-11)13-12-8(2)14-15-9(12)3/h10-11,13H,4-7H2,1-3H3,(H,14,15). The Hall–Kier alpha value is -1.03. The fourth-order valence-corrected chi connectivity index (χ4v) is 2.26. The lowest BCUT2D eigenvalue weighted by Gasteiger charge is -2.30. The van der Waals surface area contributed by atoms with Crippen LogP contribution >= 0.6 is 0 Å². The van der Waals surface area contributed by atoms with Crippen LogP contribution in [0.1, 0.15) is 37.6 Å². The molecule has 0 aliphatic carbocycles. The van der Waals surface area contributed by atoms with E-state index in [0.717, 1.165) is 37.3 Å². The Morgan fingerprint density at radius 3 is 2.94 bits per heavy atom. The Morgan fingerprint density at radius 1 is 1.50 bits per heavy atom. The van der Waals surface area contributed by atoms with E-state index in [4.69, 9.17) is 4.74 Å². The summed E-state index contributed by atoms with van der Waals surface area (Å²) in [6, 6.07) is 0.522. The highest BCUT2D eigenvalue weighted by Crippen LogP contribution is 2.23. The van der Waals surface area contributed by atoms with Crippen LogP contribution in [0.5, 0.6) is 0 Å². The Labute approximate surface area is 96.8 Å². The number of nitrogens with zero attached hydrogens (tertiary/aromatic N) is 1. The molecule has 0 spiro atoms. The molecule has 2 rings (SSSR count). The summed E-state index contributed by atoms with van der Waals surface area (Å²) in [6.45, 7) is 7.13. The minimum Gasteiger partial charge on any atom is -0.379 e. The number of aromatic nitrogens is 2. The van der Waals surface area contributed by atoms with Crippen LogP contribution in [0.4, 0.5) is 5.69 Å². The van der Waals surface area contributed by atoms with Gasteiger partial charge in [-0.3, -0.25) is 5.10 Å². The predicted octanol–water partition coefficient (Wildman–Crippen LogP) is 2.40. The first kappa shape index (κ1) is 11.5. The van der Waals surface area contributed by atoms with Crippen LogP contribution in [0, 0.1) is 13.8 Å². The first-order valence-electron chi connectivity index (χ1n) is 6.10. The molecule has 1 saturated heterocycles. The number of aryl methyl sites for hydroxylation is 2. The highest BCUT2D eigenvalue weighted by atomic mass is 16.5. The third-order valence-electron chi connectivity index (χ3n) is 3.30. The maximum atomic E-state index is 5.67. The normalized spacial score (nSPS) is 25.7. The van der Waals surface area contributed by atoms with Crippen molar-refractivity contribution in [2.24, 2.45) is 0 Å². The molecule has 90 valence electrons. The second kappa shape index (κ2) is 4.87. The summed E-state index contributed by atoms with van der Waals surface area (Å²) in [5.41, 5.74) is 3.34. The second-order valence-corrected chi connectivity index (χ2v) is 4.58. The molecule has 1 aromatic heterocycles. The van der Waals surface area contributed by atoms with Gasteiger partial charge in [-0.15, -0.1) is 0 Å². The van der Waals surface area contributed by atoms with Crippen molar-refractivity contribution in [3.63, 3.8) is 0 Å². The van der Waals surface area contributed by atoms with Gasteiger partial charge in [-0.25, -0.2) is 0 Å². The number of anilines is 1. The van der Waals surface area contributed by atoms with Crippen molar-refractivity contribution >= 4 is 5.69 Å². The fraction of sp³-hybridized carbons (Fsp3) is 0.750. The number of aromatic amines is 1. The van der Waals surface area contributed by atoms with Crippen molar-refractivity contribution in [3.05, 3.63) is 11.4 Å². The van der Waals surface area contributed by atoms with Gasteiger partial charge in [0.2, 0.25) is 0 Å². The van der Waals surface area contributed by atoms with Gasteiger partial charge in [-0.05, 0) is 33.1 Å². The van der Waals surface area contributed by atoms with Gasteiger partial charge in [0.15, 0.2) is 0 Å². The van der Waals surface area contributed by atoms with Crippen LogP contribution in [-0.2, 0) is 4.74 Å². The van der Waals surface area contributed by atoms with Crippen LogP contribution in [0.3, 0.4) is 0 Å². The molecule has 2 unspecified atom stereocenters. The number of nitrogens with one attached hydrogen (secondary N) is 2. The van der Waals surface area contributed by atoms with Gasteiger partial charge in [0.05, 0.1) is 23.2 Å². The highest BCUT2D eigenvalue weighted by Gasteiger charge is 2.22. The van der Waals surface area contributed by atoms with Gasteiger partial charge in [0.1, 0.15) is 0 Å². The van der Waals surface area contributed by atoms with E-state index in [1.54, 1.807) is 0 Å². The molecule has 0 saturated carbocycles. The number of ether oxygens (including phenoxy) is 1. The largest absolute Gasteiger partial charge is 0.379 e. The van der Waals surface area contributed by atoms with E-state index >= 15 is 0 Å². The molecule has 2 heterocycles. The van der Waals surface area contributed by atoms with Crippen LogP contribution in [0.25, 0.3) is 0 Å². The van der Waals surface area contributed by atoms with E-state index in [-0.39, 0.29) is 0 Å². The molecule has 0 radical (unpaired) electrons. The number of rotatable bonds is 3. The molecule has 4 heteroatoms. The zero-order valence-corrected chi connectivity index (χ0v) is 10.3. The lowest BCUT2D eigenvalue weighted by molar-refractivity contribution is 0.00924. The average Bonchev–Trinajstić information content (AvgIpc) is 2.61. The monoisotopic (exact) mass is 223 g/mol. The first-order valence-corrected chi connectivity index (χ1v) is 6.10. The summed E-state index contributed by atoms with van der Waals surface area (Å²) < 4.78 is 5.67. The van der Waals surface area contributed by atoms with E-state index in [2.05, 4.69) is 29.4 Å². The summed E-state index contributed by atoms with van der Waals surface area (Å²) in [4.78, 5) is 0. The molecule has 0 amide bonds. The van der Waals surface area contributed by atoms with Gasteiger partial charge < -0.3 is 10.1 Å². The van der Waals surface area contributed by atoms with Gasteiger partial charge in [0.25, 0.3) is 0 Å². The summed E-state index contributed by atoms with van der Waals surface area (Å²) in [5, 5.41) is 10.8. The minimum absolute atomic E-state index is 0.416. The van der Waals surface area contributed by atoms with Gasteiger partial charge in [-0.1, -0.05) is 6.92 Å². The van der Waals surface area contributed by atoms with Gasteiger partial charge in [0, 0.05) is 12.6 Å². The number of hydrogen-bond acceptors (Lipinski definition) is 3. The van der Waals surface area contributed by atoms with Gasteiger partial charge >= 0.3 is 0 Å². The Balaban J connectivity index is 1.99. The third kappa shape index (κ3) is 2.38. The molecule has 1 aliphatic heterocycles.